The molecule has 2 saturated heterocycles. The molecule has 2 atom stereocenters. The van der Waals surface area contributed by atoms with Crippen molar-refractivity contribution in [3.63, 3.8) is 0 Å². The summed E-state index contributed by atoms with van der Waals surface area (Å²) in [7, 11) is 0. The van der Waals surface area contributed by atoms with Gasteiger partial charge >= 0.3 is 0 Å². The monoisotopic (exact) mass is 521 g/mol. The Balaban J connectivity index is 1.36. The normalized spacial score (nSPS) is 20.4. The highest BCUT2D eigenvalue weighted by molar-refractivity contribution is 5.98. The fraction of sp³-hybridized carbons (Fsp3) is 0.444. The minimum absolute atomic E-state index is 0.0732. The van der Waals surface area contributed by atoms with E-state index in [9.17, 15) is 9.50 Å². The number of hydrogen-bond donors (Lipinski definition) is 4. The maximum atomic E-state index is 14.0. The van der Waals surface area contributed by atoms with Crippen molar-refractivity contribution in [1.82, 2.24) is 20.0 Å². The summed E-state index contributed by atoms with van der Waals surface area (Å²) in [6.45, 7) is 7.54. The van der Waals surface area contributed by atoms with Gasteiger partial charge in [0.05, 0.1) is 12.6 Å². The van der Waals surface area contributed by atoms with Gasteiger partial charge in [-0.25, -0.2) is 20.2 Å². The van der Waals surface area contributed by atoms with Crippen molar-refractivity contribution >= 4 is 34.0 Å². The van der Waals surface area contributed by atoms with Crippen LogP contribution in [0.5, 0.6) is 0 Å². The van der Waals surface area contributed by atoms with E-state index in [-0.39, 0.29) is 6.54 Å². The first-order chi connectivity index (χ1) is 18.3. The zero-order valence-electron chi connectivity index (χ0n) is 21.8. The Labute approximate surface area is 222 Å². The third-order valence-corrected chi connectivity index (χ3v) is 7.27. The van der Waals surface area contributed by atoms with Gasteiger partial charge in [0.1, 0.15) is 17.8 Å². The summed E-state index contributed by atoms with van der Waals surface area (Å²) in [5.41, 5.74) is 7.85. The number of aliphatic hydroxyl groups is 1. The van der Waals surface area contributed by atoms with Crippen LogP contribution in [-0.4, -0.2) is 70.1 Å². The Morgan fingerprint density at radius 2 is 1.97 bits per heavy atom. The predicted molar refractivity (Wildman–Crippen MR) is 149 cm³/mol. The van der Waals surface area contributed by atoms with Crippen LogP contribution in [0.1, 0.15) is 31.7 Å². The molecule has 0 radical (unpaired) electrons. The van der Waals surface area contributed by atoms with Crippen molar-refractivity contribution in [3.8, 4) is 0 Å². The van der Waals surface area contributed by atoms with Crippen LogP contribution in [0.2, 0.25) is 0 Å². The summed E-state index contributed by atoms with van der Waals surface area (Å²) in [5, 5.41) is 16.9. The highest BCUT2D eigenvalue weighted by atomic mass is 19.1. The summed E-state index contributed by atoms with van der Waals surface area (Å²) in [6.07, 6.45) is 4.81. The van der Waals surface area contributed by atoms with E-state index in [1.807, 2.05) is 6.20 Å². The Morgan fingerprint density at radius 3 is 2.71 bits per heavy atom. The van der Waals surface area contributed by atoms with Crippen LogP contribution < -0.4 is 26.7 Å². The molecule has 4 heterocycles. The molecule has 0 bridgehead atoms. The number of nitrogens with two attached hydrogens (primary N) is 2. The molecule has 0 saturated carbocycles. The van der Waals surface area contributed by atoms with Gasteiger partial charge in [-0.05, 0) is 41.5 Å². The maximum Gasteiger partial charge on any atom is 0.227 e. The van der Waals surface area contributed by atoms with Crippen molar-refractivity contribution in [1.29, 1.82) is 0 Å². The van der Waals surface area contributed by atoms with Gasteiger partial charge in [-0.1, -0.05) is 19.9 Å². The molecule has 2 aliphatic heterocycles. The number of pyridine rings is 1. The van der Waals surface area contributed by atoms with Crippen LogP contribution in [0.15, 0.2) is 49.1 Å². The minimum Gasteiger partial charge on any atom is -0.403 e. The van der Waals surface area contributed by atoms with E-state index in [0.29, 0.717) is 42.4 Å². The van der Waals surface area contributed by atoms with Crippen LogP contribution in [0.4, 0.5) is 27.7 Å². The first-order valence-electron chi connectivity index (χ1n) is 13.1. The molecular weight excluding hydrogens is 485 g/mol. The Bertz CT molecular complexity index is 1300. The first kappa shape index (κ1) is 25.9. The van der Waals surface area contributed by atoms with E-state index in [2.05, 4.69) is 52.2 Å². The number of rotatable bonds is 8. The zero-order chi connectivity index (χ0) is 26.8. The summed E-state index contributed by atoms with van der Waals surface area (Å²) in [6, 6.07) is 8.22. The molecule has 5 rings (SSSR count). The molecule has 2 aromatic heterocycles. The second-order valence-electron chi connectivity index (χ2n) is 10.4. The lowest BCUT2D eigenvalue weighted by Crippen LogP contribution is -2.52. The van der Waals surface area contributed by atoms with Crippen LogP contribution in [-0.2, 0) is 0 Å². The molecule has 2 fully saturated rings. The average Bonchev–Trinajstić information content (AvgIpc) is 2.87. The highest BCUT2D eigenvalue weighted by Gasteiger charge is 2.30. The van der Waals surface area contributed by atoms with Gasteiger partial charge in [0.25, 0.3) is 0 Å². The number of hydrazine groups is 1. The summed E-state index contributed by atoms with van der Waals surface area (Å²) < 4.78 is 14.0. The van der Waals surface area contributed by atoms with Crippen LogP contribution in [0.25, 0.3) is 10.8 Å². The number of alkyl halides is 1. The number of aromatic nitrogens is 3. The lowest BCUT2D eigenvalue weighted by molar-refractivity contribution is 0.0612. The number of hydrogen-bond acceptors (Lipinski definition) is 10. The van der Waals surface area contributed by atoms with Gasteiger partial charge in [0.2, 0.25) is 5.95 Å². The van der Waals surface area contributed by atoms with E-state index >= 15 is 0 Å². The van der Waals surface area contributed by atoms with Crippen molar-refractivity contribution in [2.24, 2.45) is 17.5 Å². The average molecular weight is 522 g/mol. The first-order valence-corrected chi connectivity index (χ1v) is 13.1. The molecule has 3 aromatic rings. The fourth-order valence-corrected chi connectivity index (χ4v) is 5.22. The van der Waals surface area contributed by atoms with E-state index in [1.54, 1.807) is 28.4 Å². The van der Waals surface area contributed by atoms with E-state index in [4.69, 9.17) is 16.6 Å². The predicted octanol–water partition coefficient (Wildman–Crippen LogP) is 2.84. The molecular formula is C27H36FN9O. The number of nitrogens with zero attached hydrogens (tertiary/aromatic N) is 6. The number of halogens is 1. The largest absolute Gasteiger partial charge is 0.403 e. The summed E-state index contributed by atoms with van der Waals surface area (Å²) in [4.78, 5) is 17.7. The highest BCUT2D eigenvalue weighted by Crippen LogP contribution is 2.37. The van der Waals surface area contributed by atoms with E-state index in [1.165, 1.54) is 11.8 Å². The SMILES string of the molecule is CC(C)c1ccc(N2CC(CN(N)/C=C\N)C2)c2cnc(Nc3ccnc(N4CCC(O)C(F)C4)n3)cc12. The topological polar surface area (TPSA) is 133 Å². The van der Waals surface area contributed by atoms with Crippen LogP contribution in [0, 0.1) is 5.92 Å². The minimum atomic E-state index is -1.31. The van der Waals surface area contributed by atoms with Crippen LogP contribution in [0.3, 0.4) is 0 Å². The molecule has 2 unspecified atom stereocenters. The van der Waals surface area contributed by atoms with Gasteiger partial charge in [-0.15, -0.1) is 0 Å². The second-order valence-corrected chi connectivity index (χ2v) is 10.4. The number of benzene rings is 1. The summed E-state index contributed by atoms with van der Waals surface area (Å²) in [5.74, 6) is 8.45. The quantitative estimate of drug-likeness (QED) is 0.259. The maximum absolute atomic E-state index is 14.0. The fourth-order valence-electron chi connectivity index (χ4n) is 5.22. The van der Waals surface area contributed by atoms with Gasteiger partial charge in [-0.3, -0.25) is 0 Å². The van der Waals surface area contributed by atoms with Gasteiger partial charge < -0.3 is 31.0 Å². The molecule has 11 heteroatoms. The third-order valence-electron chi connectivity index (χ3n) is 7.27. The smallest absolute Gasteiger partial charge is 0.227 e. The molecule has 10 nitrogen and oxygen atoms in total. The molecule has 202 valence electrons. The van der Waals surface area contributed by atoms with E-state index in [0.717, 1.165) is 36.1 Å². The van der Waals surface area contributed by atoms with E-state index < -0.39 is 12.3 Å². The molecule has 0 aliphatic carbocycles. The lowest BCUT2D eigenvalue weighted by Gasteiger charge is -2.43. The molecule has 6 N–H and O–H groups in total. The molecule has 1 aromatic carbocycles. The van der Waals surface area contributed by atoms with Gasteiger partial charge in [0.15, 0.2) is 0 Å². The van der Waals surface area contributed by atoms with Gasteiger partial charge in [-0.2, -0.15) is 4.98 Å². The number of aliphatic hydroxyl groups excluding tert-OH is 1. The molecule has 38 heavy (non-hydrogen) atoms. The number of anilines is 4. The van der Waals surface area contributed by atoms with Crippen molar-refractivity contribution in [2.45, 2.75) is 38.5 Å². The van der Waals surface area contributed by atoms with Crippen molar-refractivity contribution < 1.29 is 9.50 Å². The second kappa shape index (κ2) is 11.0. The molecule has 0 spiro atoms. The summed E-state index contributed by atoms with van der Waals surface area (Å²) >= 11 is 0. The molecule has 2 aliphatic rings. The number of piperidine rings is 1. The zero-order valence-corrected chi connectivity index (χ0v) is 21.8. The van der Waals surface area contributed by atoms with Gasteiger partial charge in [0, 0.05) is 68.0 Å². The lowest BCUT2D eigenvalue weighted by atomic mass is 9.93. The van der Waals surface area contributed by atoms with Crippen LogP contribution >= 0.6 is 0 Å². The standard InChI is InChI=1S/C27H36FN9O/c1-17(2)19-3-4-23(36-13-18(14-36)15-37(30)10-7-29)21-12-32-26(11-20(19)21)33-25-5-8-31-27(34-25)35-9-6-24(38)22(28)16-35/h3-5,7-8,10-12,17-18,22,24,38H,6,9,13-16,29-30H2,1-2H3,(H,31,32,33,34)/b10-7-. The number of fused-ring (bicyclic) bond motifs is 1. The number of nitrogens with one attached hydrogen (secondary N) is 1. The van der Waals surface area contributed by atoms with Crippen molar-refractivity contribution in [3.05, 3.63) is 54.6 Å². The Morgan fingerprint density at radius 1 is 1.16 bits per heavy atom. The molecule has 0 amide bonds. The van der Waals surface area contributed by atoms with Crippen molar-refractivity contribution in [2.75, 3.05) is 47.8 Å². The Hall–Kier alpha value is -3.70. The third kappa shape index (κ3) is 5.44. The Kier molecular flexibility index (Phi) is 7.48.